The molecule has 4 aromatic rings. The summed E-state index contributed by atoms with van der Waals surface area (Å²) in [6.45, 7) is 2.28. The van der Waals surface area contributed by atoms with Crippen LogP contribution in [0.15, 0.2) is 36.9 Å². The Morgan fingerprint density at radius 3 is 3.07 bits per heavy atom. The van der Waals surface area contributed by atoms with Crippen molar-refractivity contribution < 1.29 is 9.53 Å². The molecule has 2 N–H and O–H groups in total. The maximum Gasteiger partial charge on any atom is 0.255 e. The summed E-state index contributed by atoms with van der Waals surface area (Å²) >= 11 is 0. The lowest BCUT2D eigenvalue weighted by molar-refractivity contribution is 0.0907. The number of aromatic nitrogens is 5. The topological polar surface area (TPSA) is 121 Å². The van der Waals surface area contributed by atoms with Gasteiger partial charge in [0.2, 0.25) is 0 Å². The first-order valence-electron chi connectivity index (χ1n) is 8.62. The van der Waals surface area contributed by atoms with E-state index in [1.165, 1.54) is 0 Å². The van der Waals surface area contributed by atoms with E-state index in [2.05, 4.69) is 31.3 Å². The number of hydrogen-bond donors (Lipinski definition) is 2. The lowest BCUT2D eigenvalue weighted by Crippen LogP contribution is -2.35. The van der Waals surface area contributed by atoms with E-state index in [1.807, 2.05) is 11.3 Å². The summed E-state index contributed by atoms with van der Waals surface area (Å²) in [4.78, 5) is 28.9. The first-order chi connectivity index (χ1) is 13.6. The quantitative estimate of drug-likeness (QED) is 0.550. The van der Waals surface area contributed by atoms with Gasteiger partial charge in [-0.2, -0.15) is 5.26 Å². The van der Waals surface area contributed by atoms with Gasteiger partial charge in [-0.3, -0.25) is 9.20 Å². The number of methoxy groups -OCH3 is 1. The highest BCUT2D eigenvalue weighted by Gasteiger charge is 2.18. The third kappa shape index (κ3) is 3.06. The molecule has 1 atom stereocenters. The largest absolute Gasteiger partial charge is 0.383 e. The van der Waals surface area contributed by atoms with Crippen LogP contribution in [0.5, 0.6) is 0 Å². The Labute approximate surface area is 160 Å². The minimum atomic E-state index is -0.251. The number of amides is 1. The molecular weight excluding hydrogens is 358 g/mol. The van der Waals surface area contributed by atoms with Crippen LogP contribution in [0.4, 0.5) is 0 Å². The predicted octanol–water partition coefficient (Wildman–Crippen LogP) is 1.91. The maximum atomic E-state index is 12.6. The van der Waals surface area contributed by atoms with E-state index in [0.717, 1.165) is 0 Å². The zero-order valence-electron chi connectivity index (χ0n) is 15.3. The second-order valence-electron chi connectivity index (χ2n) is 6.38. The van der Waals surface area contributed by atoms with Crippen LogP contribution in [-0.2, 0) is 4.74 Å². The Kier molecular flexibility index (Phi) is 4.47. The van der Waals surface area contributed by atoms with E-state index < -0.39 is 0 Å². The molecule has 0 fully saturated rings. The number of rotatable bonds is 5. The van der Waals surface area contributed by atoms with Crippen molar-refractivity contribution >= 4 is 22.7 Å². The Morgan fingerprint density at radius 2 is 2.29 bits per heavy atom. The van der Waals surface area contributed by atoms with Gasteiger partial charge in [0.25, 0.3) is 5.91 Å². The number of nitrogens with zero attached hydrogens (tertiary/aromatic N) is 5. The van der Waals surface area contributed by atoms with Crippen LogP contribution in [0.3, 0.4) is 0 Å². The van der Waals surface area contributed by atoms with Gasteiger partial charge in [0.15, 0.2) is 5.65 Å². The van der Waals surface area contributed by atoms with E-state index >= 15 is 0 Å². The van der Waals surface area contributed by atoms with Gasteiger partial charge in [-0.05, 0) is 19.1 Å². The smallest absolute Gasteiger partial charge is 0.255 e. The van der Waals surface area contributed by atoms with Crippen molar-refractivity contribution in [2.75, 3.05) is 13.7 Å². The van der Waals surface area contributed by atoms with Crippen molar-refractivity contribution in [2.45, 2.75) is 13.0 Å². The molecule has 0 spiro atoms. The number of ether oxygens (including phenoxy) is 1. The molecule has 140 valence electrons. The predicted molar refractivity (Wildman–Crippen MR) is 102 cm³/mol. The third-order valence-corrected chi connectivity index (χ3v) is 4.32. The molecular formula is C19H17N7O2. The highest BCUT2D eigenvalue weighted by Crippen LogP contribution is 2.22. The van der Waals surface area contributed by atoms with Crippen molar-refractivity contribution in [1.82, 2.24) is 29.7 Å². The molecule has 0 aliphatic heterocycles. The van der Waals surface area contributed by atoms with Crippen LogP contribution >= 0.6 is 0 Å². The highest BCUT2D eigenvalue weighted by molar-refractivity contribution is 6.04. The number of H-pyrrole nitrogens is 1. The fourth-order valence-electron chi connectivity index (χ4n) is 3.02. The highest BCUT2D eigenvalue weighted by atomic mass is 16.5. The fraction of sp³-hybridized carbons (Fsp3) is 0.211. The molecule has 0 aliphatic rings. The first-order valence-corrected chi connectivity index (χ1v) is 8.62. The summed E-state index contributed by atoms with van der Waals surface area (Å²) in [6, 6.07) is 5.36. The van der Waals surface area contributed by atoms with Gasteiger partial charge in [0.05, 0.1) is 41.9 Å². The zero-order valence-corrected chi connectivity index (χ0v) is 15.3. The van der Waals surface area contributed by atoms with Gasteiger partial charge in [-0.15, -0.1) is 0 Å². The minimum Gasteiger partial charge on any atom is -0.383 e. The van der Waals surface area contributed by atoms with Gasteiger partial charge in [-0.25, -0.2) is 15.0 Å². The Bertz CT molecular complexity index is 1220. The van der Waals surface area contributed by atoms with Crippen molar-refractivity contribution in [3.05, 3.63) is 48.0 Å². The molecule has 28 heavy (non-hydrogen) atoms. The number of nitriles is 1. The lowest BCUT2D eigenvalue weighted by Gasteiger charge is -2.11. The summed E-state index contributed by atoms with van der Waals surface area (Å²) in [6.07, 6.45) is 6.64. The number of aromatic amines is 1. The van der Waals surface area contributed by atoms with E-state index in [-0.39, 0.29) is 11.9 Å². The Morgan fingerprint density at radius 1 is 1.43 bits per heavy atom. The fourth-order valence-corrected chi connectivity index (χ4v) is 3.02. The Hall–Kier alpha value is -3.77. The molecule has 0 unspecified atom stereocenters. The van der Waals surface area contributed by atoms with Gasteiger partial charge < -0.3 is 15.0 Å². The van der Waals surface area contributed by atoms with Crippen molar-refractivity contribution in [2.24, 2.45) is 0 Å². The van der Waals surface area contributed by atoms with Crippen LogP contribution in [0.25, 0.3) is 28.2 Å². The van der Waals surface area contributed by atoms with Crippen molar-refractivity contribution in [1.29, 1.82) is 5.26 Å². The summed E-state index contributed by atoms with van der Waals surface area (Å²) in [5.41, 5.74) is 3.86. The standard InChI is InChI=1S/C19H17N7O2/c1-11(10-28-2)24-19(27)13-7-22-18-17(13)25-14(8-23-18)15-9-21-16-5-12(6-20)3-4-26(15)16/h3-5,7-9,11H,10H2,1-2H3,(H,22,23)(H,24,27)/t11-/m0/s1. The number of fused-ring (bicyclic) bond motifs is 2. The van der Waals surface area contributed by atoms with Crippen LogP contribution in [0, 0.1) is 11.3 Å². The zero-order chi connectivity index (χ0) is 19.7. The molecule has 9 heteroatoms. The van der Waals surface area contributed by atoms with Gasteiger partial charge in [-0.1, -0.05) is 0 Å². The average Bonchev–Trinajstić information content (AvgIpc) is 3.31. The Balaban J connectivity index is 1.74. The molecule has 0 aliphatic carbocycles. The normalized spacial score (nSPS) is 12.2. The molecule has 0 radical (unpaired) electrons. The number of imidazole rings is 1. The summed E-state index contributed by atoms with van der Waals surface area (Å²) in [5.74, 6) is -0.251. The van der Waals surface area contributed by atoms with Crippen LogP contribution in [-0.4, -0.2) is 50.0 Å². The molecule has 0 bridgehead atoms. The summed E-state index contributed by atoms with van der Waals surface area (Å²) in [7, 11) is 1.58. The van der Waals surface area contributed by atoms with Crippen LogP contribution in [0.1, 0.15) is 22.8 Å². The number of hydrogen-bond acceptors (Lipinski definition) is 6. The molecule has 0 saturated heterocycles. The van der Waals surface area contributed by atoms with E-state index in [1.54, 1.807) is 44.0 Å². The number of pyridine rings is 1. The first kappa shape index (κ1) is 17.6. The molecule has 4 rings (SSSR count). The maximum absolute atomic E-state index is 12.6. The van der Waals surface area contributed by atoms with Gasteiger partial charge >= 0.3 is 0 Å². The third-order valence-electron chi connectivity index (χ3n) is 4.32. The van der Waals surface area contributed by atoms with Crippen LogP contribution in [0.2, 0.25) is 0 Å². The minimum absolute atomic E-state index is 0.133. The van der Waals surface area contributed by atoms with Gasteiger partial charge in [0, 0.05) is 25.5 Å². The summed E-state index contributed by atoms with van der Waals surface area (Å²) < 4.78 is 6.88. The molecule has 9 nitrogen and oxygen atoms in total. The second kappa shape index (κ2) is 7.09. The molecule has 4 aromatic heterocycles. The van der Waals surface area contributed by atoms with E-state index in [9.17, 15) is 4.79 Å². The van der Waals surface area contributed by atoms with E-state index in [4.69, 9.17) is 10.00 Å². The van der Waals surface area contributed by atoms with Crippen molar-refractivity contribution in [3.63, 3.8) is 0 Å². The molecule has 1 amide bonds. The second-order valence-corrected chi connectivity index (χ2v) is 6.38. The average molecular weight is 375 g/mol. The molecule has 4 heterocycles. The summed E-state index contributed by atoms with van der Waals surface area (Å²) in [5, 5.41) is 11.9. The van der Waals surface area contributed by atoms with Crippen molar-refractivity contribution in [3.8, 4) is 17.5 Å². The molecule has 0 saturated carbocycles. The SMILES string of the molecule is COC[C@H](C)NC(=O)c1c[nH]c2ncc(-c3cnc4cc(C#N)ccn34)nc12. The van der Waals surface area contributed by atoms with Crippen LogP contribution < -0.4 is 5.32 Å². The van der Waals surface area contributed by atoms with E-state index in [0.29, 0.717) is 45.9 Å². The number of nitrogens with one attached hydrogen (secondary N) is 2. The monoisotopic (exact) mass is 375 g/mol. The lowest BCUT2D eigenvalue weighted by atomic mass is 10.2. The van der Waals surface area contributed by atoms with Gasteiger partial charge in [0.1, 0.15) is 16.9 Å². The molecule has 0 aromatic carbocycles. The number of carbonyl (C=O) groups is 1. The number of carbonyl (C=O) groups excluding carboxylic acids is 1.